The molecule has 2 nitrogen and oxygen atoms in total. The molecule has 1 aromatic rings. The van der Waals surface area contributed by atoms with E-state index in [1.165, 1.54) is 11.1 Å². The molecule has 0 heterocycles. The highest BCUT2D eigenvalue weighted by molar-refractivity contribution is 6.31. The number of halogens is 1. The van der Waals surface area contributed by atoms with Crippen LogP contribution in [0.4, 0.5) is 0 Å². The lowest BCUT2D eigenvalue weighted by atomic mass is 10.1. The molecule has 0 saturated heterocycles. The van der Waals surface area contributed by atoms with E-state index in [-0.39, 0.29) is 6.61 Å². The number of benzene rings is 1. The maximum Gasteiger partial charge on any atom is 0.0443 e. The Bertz CT molecular complexity index is 340. The van der Waals surface area contributed by atoms with Crippen molar-refractivity contribution in [3.63, 3.8) is 0 Å². The van der Waals surface area contributed by atoms with E-state index < -0.39 is 0 Å². The van der Waals surface area contributed by atoms with Crippen LogP contribution in [0.5, 0.6) is 0 Å². The molecule has 0 amide bonds. The lowest BCUT2D eigenvalue weighted by Gasteiger charge is -2.13. The van der Waals surface area contributed by atoms with Crippen molar-refractivity contribution in [1.82, 2.24) is 5.32 Å². The van der Waals surface area contributed by atoms with Crippen molar-refractivity contribution < 1.29 is 5.11 Å². The molecule has 1 atom stereocenters. The van der Waals surface area contributed by atoms with Gasteiger partial charge in [-0.25, -0.2) is 0 Å². The first-order valence-corrected chi connectivity index (χ1v) is 5.82. The Labute approximate surface area is 95.3 Å². The largest absolute Gasteiger partial charge is 0.396 e. The van der Waals surface area contributed by atoms with Crippen molar-refractivity contribution in [1.29, 1.82) is 0 Å². The topological polar surface area (TPSA) is 32.3 Å². The van der Waals surface area contributed by atoms with Gasteiger partial charge in [-0.15, -0.1) is 0 Å². The smallest absolute Gasteiger partial charge is 0.0443 e. The Balaban J connectivity index is 2.05. The molecular weight excluding hydrogens is 210 g/mol. The van der Waals surface area contributed by atoms with Crippen LogP contribution >= 0.6 is 11.6 Å². The minimum Gasteiger partial charge on any atom is -0.396 e. The first kappa shape index (κ1) is 10.9. The fraction of sp³-hybridized carbons (Fsp3) is 0.500. The zero-order chi connectivity index (χ0) is 10.7. The number of rotatable bonds is 4. The fourth-order valence-electron chi connectivity index (χ4n) is 2.18. The van der Waals surface area contributed by atoms with Gasteiger partial charge in [0, 0.05) is 17.7 Å². The maximum atomic E-state index is 8.72. The quantitative estimate of drug-likeness (QED) is 0.771. The van der Waals surface area contributed by atoms with Crippen LogP contribution in [0.1, 0.15) is 30.0 Å². The molecule has 82 valence electrons. The Morgan fingerprint density at radius 2 is 2.33 bits per heavy atom. The van der Waals surface area contributed by atoms with Crippen LogP contribution in [0.25, 0.3) is 0 Å². The van der Waals surface area contributed by atoms with Crippen molar-refractivity contribution in [2.45, 2.75) is 25.3 Å². The van der Waals surface area contributed by atoms with E-state index in [0.717, 1.165) is 30.8 Å². The molecule has 0 bridgehead atoms. The number of nitrogens with one attached hydrogen (secondary N) is 1. The third kappa shape index (κ3) is 2.33. The van der Waals surface area contributed by atoms with E-state index in [1.54, 1.807) is 0 Å². The summed E-state index contributed by atoms with van der Waals surface area (Å²) in [5.41, 5.74) is 2.63. The van der Waals surface area contributed by atoms with Crippen LogP contribution in [0.15, 0.2) is 18.2 Å². The number of hydrogen-bond donors (Lipinski definition) is 2. The summed E-state index contributed by atoms with van der Waals surface area (Å²) < 4.78 is 0. The van der Waals surface area contributed by atoms with Crippen molar-refractivity contribution in [2.75, 3.05) is 13.2 Å². The van der Waals surface area contributed by atoms with Crippen LogP contribution in [-0.2, 0) is 6.42 Å². The van der Waals surface area contributed by atoms with Crippen LogP contribution in [0.3, 0.4) is 0 Å². The SMILES string of the molecule is OCCCNC1CCc2c(Cl)cccc21. The van der Waals surface area contributed by atoms with Crippen molar-refractivity contribution in [2.24, 2.45) is 0 Å². The summed E-state index contributed by atoms with van der Waals surface area (Å²) in [6.07, 6.45) is 2.99. The predicted octanol–water partition coefficient (Wildman–Crippen LogP) is 2.30. The van der Waals surface area contributed by atoms with E-state index in [0.29, 0.717) is 6.04 Å². The molecular formula is C12H16ClNO. The van der Waals surface area contributed by atoms with Crippen LogP contribution < -0.4 is 5.32 Å². The minimum absolute atomic E-state index is 0.252. The van der Waals surface area contributed by atoms with Gasteiger partial charge in [-0.2, -0.15) is 0 Å². The Morgan fingerprint density at radius 3 is 3.13 bits per heavy atom. The van der Waals surface area contributed by atoms with Crippen LogP contribution in [0, 0.1) is 0 Å². The average Bonchev–Trinajstić information content (AvgIpc) is 2.64. The zero-order valence-electron chi connectivity index (χ0n) is 8.67. The van der Waals surface area contributed by atoms with Crippen LogP contribution in [-0.4, -0.2) is 18.3 Å². The van der Waals surface area contributed by atoms with Gasteiger partial charge in [-0.05, 0) is 43.0 Å². The van der Waals surface area contributed by atoms with E-state index in [4.69, 9.17) is 16.7 Å². The van der Waals surface area contributed by atoms with Gasteiger partial charge < -0.3 is 10.4 Å². The Kier molecular flexibility index (Phi) is 3.62. The second-order valence-electron chi connectivity index (χ2n) is 3.93. The molecule has 3 heteroatoms. The van der Waals surface area contributed by atoms with Crippen molar-refractivity contribution in [3.8, 4) is 0 Å². The minimum atomic E-state index is 0.252. The monoisotopic (exact) mass is 225 g/mol. The van der Waals surface area contributed by atoms with Gasteiger partial charge in [0.1, 0.15) is 0 Å². The molecule has 0 aliphatic heterocycles. The predicted molar refractivity (Wildman–Crippen MR) is 62.2 cm³/mol. The first-order valence-electron chi connectivity index (χ1n) is 5.44. The molecule has 2 rings (SSSR count). The average molecular weight is 226 g/mol. The van der Waals surface area contributed by atoms with E-state index in [1.807, 2.05) is 12.1 Å². The summed E-state index contributed by atoms with van der Waals surface area (Å²) in [5, 5.41) is 13.1. The fourth-order valence-corrected chi connectivity index (χ4v) is 2.45. The van der Waals surface area contributed by atoms with Crippen LogP contribution in [0.2, 0.25) is 5.02 Å². The molecule has 1 aromatic carbocycles. The molecule has 0 saturated carbocycles. The molecule has 0 aromatic heterocycles. The second kappa shape index (κ2) is 4.97. The summed E-state index contributed by atoms with van der Waals surface area (Å²) in [6.45, 7) is 1.12. The third-order valence-electron chi connectivity index (χ3n) is 2.94. The number of aliphatic hydroxyl groups excluding tert-OH is 1. The highest BCUT2D eigenvalue weighted by atomic mass is 35.5. The molecule has 0 spiro atoms. The summed E-state index contributed by atoms with van der Waals surface area (Å²) in [5.74, 6) is 0. The molecule has 1 aliphatic carbocycles. The van der Waals surface area contributed by atoms with Gasteiger partial charge in [0.2, 0.25) is 0 Å². The lowest BCUT2D eigenvalue weighted by molar-refractivity contribution is 0.283. The number of aliphatic hydroxyl groups is 1. The molecule has 0 radical (unpaired) electrons. The summed E-state index contributed by atoms with van der Waals surface area (Å²) in [4.78, 5) is 0. The third-order valence-corrected chi connectivity index (χ3v) is 3.29. The van der Waals surface area contributed by atoms with E-state index >= 15 is 0 Å². The number of fused-ring (bicyclic) bond motifs is 1. The summed E-state index contributed by atoms with van der Waals surface area (Å²) in [7, 11) is 0. The molecule has 0 fully saturated rings. The molecule has 1 unspecified atom stereocenters. The highest BCUT2D eigenvalue weighted by Gasteiger charge is 2.23. The standard InChI is InChI=1S/C12H16ClNO/c13-11-4-1-3-10-9(11)5-6-12(10)14-7-2-8-15/h1,3-4,12,14-15H,2,5-8H2. The molecule has 15 heavy (non-hydrogen) atoms. The Hall–Kier alpha value is -0.570. The van der Waals surface area contributed by atoms with Crippen molar-refractivity contribution in [3.05, 3.63) is 34.3 Å². The second-order valence-corrected chi connectivity index (χ2v) is 4.34. The summed E-state index contributed by atoms with van der Waals surface area (Å²) in [6, 6.07) is 6.53. The molecule has 2 N–H and O–H groups in total. The van der Waals surface area contributed by atoms with Gasteiger partial charge >= 0.3 is 0 Å². The maximum absolute atomic E-state index is 8.72. The van der Waals surface area contributed by atoms with Gasteiger partial charge in [0.15, 0.2) is 0 Å². The van der Waals surface area contributed by atoms with Crippen molar-refractivity contribution >= 4 is 11.6 Å². The molecule has 1 aliphatic rings. The lowest BCUT2D eigenvalue weighted by Crippen LogP contribution is -2.21. The van der Waals surface area contributed by atoms with E-state index in [2.05, 4.69) is 11.4 Å². The van der Waals surface area contributed by atoms with E-state index in [9.17, 15) is 0 Å². The summed E-state index contributed by atoms with van der Waals surface area (Å²) >= 11 is 6.13. The normalized spacial score (nSPS) is 19.2. The Morgan fingerprint density at radius 1 is 1.47 bits per heavy atom. The van der Waals surface area contributed by atoms with Gasteiger partial charge in [0.05, 0.1) is 0 Å². The van der Waals surface area contributed by atoms with Gasteiger partial charge in [-0.3, -0.25) is 0 Å². The zero-order valence-corrected chi connectivity index (χ0v) is 9.43. The first-order chi connectivity index (χ1) is 7.33. The number of hydrogen-bond acceptors (Lipinski definition) is 2. The highest BCUT2D eigenvalue weighted by Crippen LogP contribution is 2.35. The van der Waals surface area contributed by atoms with Gasteiger partial charge in [-0.1, -0.05) is 23.7 Å². The van der Waals surface area contributed by atoms with Gasteiger partial charge in [0.25, 0.3) is 0 Å².